The van der Waals surface area contributed by atoms with E-state index in [-0.39, 0.29) is 23.7 Å². The summed E-state index contributed by atoms with van der Waals surface area (Å²) >= 11 is 0. The Balaban J connectivity index is 1.63. The number of hydrogen-bond acceptors (Lipinski definition) is 3. The van der Waals surface area contributed by atoms with Gasteiger partial charge < -0.3 is 9.32 Å². The highest BCUT2D eigenvalue weighted by Crippen LogP contribution is 2.38. The molecule has 3 aromatic rings. The predicted octanol–water partition coefficient (Wildman–Crippen LogP) is 7.07. The van der Waals surface area contributed by atoms with Gasteiger partial charge in [0.1, 0.15) is 17.3 Å². The van der Waals surface area contributed by atoms with Gasteiger partial charge in [-0.15, -0.1) is 0 Å². The molecule has 0 N–H and O–H groups in total. The standard InChI is InChI=1S/C30H34F4N2O2/c1-19(2)14-36(29(37)22-8-10-26(31)11-9-22)16-24-15-35(17-27-12-20(3)21(4)38-27)18-28(24)23-6-5-7-25(13-23)30(32,33)34/h5-13,19,24,28H,14-18H2,1-4H3/t24-,28-/m0/s1. The molecule has 0 spiro atoms. The third kappa shape index (κ3) is 6.65. The van der Waals surface area contributed by atoms with Crippen molar-refractivity contribution in [3.05, 3.63) is 94.2 Å². The molecule has 1 aromatic heterocycles. The molecule has 2 atom stereocenters. The molecule has 1 saturated heterocycles. The van der Waals surface area contributed by atoms with Crippen molar-refractivity contribution >= 4 is 5.91 Å². The molecule has 1 aliphatic rings. The summed E-state index contributed by atoms with van der Waals surface area (Å²) in [5, 5.41) is 0. The zero-order valence-corrected chi connectivity index (χ0v) is 22.2. The number of likely N-dealkylation sites (tertiary alicyclic amines) is 1. The summed E-state index contributed by atoms with van der Waals surface area (Å²) < 4.78 is 59.9. The zero-order valence-electron chi connectivity index (χ0n) is 22.2. The molecule has 0 aliphatic carbocycles. The normalized spacial score (nSPS) is 18.3. The second-order valence-corrected chi connectivity index (χ2v) is 10.7. The number of rotatable bonds is 8. The van der Waals surface area contributed by atoms with Crippen LogP contribution in [0.3, 0.4) is 0 Å². The summed E-state index contributed by atoms with van der Waals surface area (Å²) in [7, 11) is 0. The van der Waals surface area contributed by atoms with Gasteiger partial charge in [-0.05, 0) is 73.2 Å². The molecule has 8 heteroatoms. The van der Waals surface area contributed by atoms with E-state index >= 15 is 0 Å². The fraction of sp³-hybridized carbons (Fsp3) is 0.433. The molecule has 204 valence electrons. The van der Waals surface area contributed by atoms with Crippen molar-refractivity contribution in [3.8, 4) is 0 Å². The first kappa shape index (κ1) is 27.9. The second kappa shape index (κ2) is 11.3. The highest BCUT2D eigenvalue weighted by molar-refractivity contribution is 5.94. The van der Waals surface area contributed by atoms with Gasteiger partial charge in [0.2, 0.25) is 0 Å². The van der Waals surface area contributed by atoms with Crippen LogP contribution in [0.1, 0.15) is 58.3 Å². The van der Waals surface area contributed by atoms with Crippen molar-refractivity contribution in [2.45, 2.75) is 46.3 Å². The quantitative estimate of drug-likeness (QED) is 0.292. The van der Waals surface area contributed by atoms with E-state index in [1.807, 2.05) is 33.8 Å². The van der Waals surface area contributed by atoms with Crippen LogP contribution in [-0.2, 0) is 12.7 Å². The Morgan fingerprint density at radius 2 is 1.79 bits per heavy atom. The number of hydrogen-bond donors (Lipinski definition) is 0. The van der Waals surface area contributed by atoms with Crippen molar-refractivity contribution in [1.82, 2.24) is 9.80 Å². The van der Waals surface area contributed by atoms with Crippen LogP contribution in [0.2, 0.25) is 0 Å². The van der Waals surface area contributed by atoms with Crippen molar-refractivity contribution in [2.24, 2.45) is 11.8 Å². The Morgan fingerprint density at radius 3 is 2.39 bits per heavy atom. The first-order valence-electron chi connectivity index (χ1n) is 12.9. The number of carbonyl (C=O) groups excluding carboxylic acids is 1. The number of nitrogens with zero attached hydrogens (tertiary/aromatic N) is 2. The molecule has 2 aromatic carbocycles. The second-order valence-electron chi connectivity index (χ2n) is 10.7. The zero-order chi connectivity index (χ0) is 27.6. The van der Waals surface area contributed by atoms with E-state index in [0.717, 1.165) is 23.2 Å². The highest BCUT2D eigenvalue weighted by Gasteiger charge is 2.38. The molecule has 1 fully saturated rings. The molecule has 0 radical (unpaired) electrons. The van der Waals surface area contributed by atoms with Gasteiger partial charge in [-0.25, -0.2) is 4.39 Å². The third-order valence-corrected chi connectivity index (χ3v) is 7.17. The summed E-state index contributed by atoms with van der Waals surface area (Å²) in [5.41, 5.74) is 1.38. The number of benzene rings is 2. The average Bonchev–Trinajstić information content (AvgIpc) is 3.39. The van der Waals surface area contributed by atoms with Gasteiger partial charge in [0.05, 0.1) is 12.1 Å². The van der Waals surface area contributed by atoms with E-state index in [2.05, 4.69) is 4.90 Å². The van der Waals surface area contributed by atoms with Gasteiger partial charge in [0.25, 0.3) is 5.91 Å². The van der Waals surface area contributed by atoms with Crippen LogP contribution < -0.4 is 0 Å². The summed E-state index contributed by atoms with van der Waals surface area (Å²) in [5.74, 6) is 0.901. The average molecular weight is 531 g/mol. The first-order chi connectivity index (χ1) is 17.9. The van der Waals surface area contributed by atoms with Crippen LogP contribution in [0.4, 0.5) is 17.6 Å². The fourth-order valence-corrected chi connectivity index (χ4v) is 5.29. The minimum Gasteiger partial charge on any atom is -0.465 e. The first-order valence-corrected chi connectivity index (χ1v) is 12.9. The monoisotopic (exact) mass is 530 g/mol. The molecular formula is C30H34F4N2O2. The molecule has 38 heavy (non-hydrogen) atoms. The largest absolute Gasteiger partial charge is 0.465 e. The van der Waals surface area contributed by atoms with Crippen molar-refractivity contribution in [1.29, 1.82) is 0 Å². The van der Waals surface area contributed by atoms with Crippen LogP contribution in [0.5, 0.6) is 0 Å². The van der Waals surface area contributed by atoms with Crippen LogP contribution in [0.25, 0.3) is 0 Å². The predicted molar refractivity (Wildman–Crippen MR) is 138 cm³/mol. The molecule has 0 unspecified atom stereocenters. The lowest BCUT2D eigenvalue weighted by atomic mass is 9.87. The Morgan fingerprint density at radius 1 is 1.08 bits per heavy atom. The Hall–Kier alpha value is -3.13. The maximum absolute atomic E-state index is 13.5. The van der Waals surface area contributed by atoms with Gasteiger partial charge in [0, 0.05) is 37.7 Å². The number of carbonyl (C=O) groups is 1. The van der Waals surface area contributed by atoms with E-state index in [4.69, 9.17) is 4.42 Å². The number of alkyl halides is 3. The number of amides is 1. The van der Waals surface area contributed by atoms with Crippen LogP contribution in [-0.4, -0.2) is 41.9 Å². The van der Waals surface area contributed by atoms with Gasteiger partial charge in [-0.2, -0.15) is 13.2 Å². The molecule has 1 amide bonds. The van der Waals surface area contributed by atoms with Crippen molar-refractivity contribution < 1.29 is 26.8 Å². The summed E-state index contributed by atoms with van der Waals surface area (Å²) in [6, 6.07) is 13.0. The minimum atomic E-state index is -4.44. The van der Waals surface area contributed by atoms with Crippen LogP contribution >= 0.6 is 0 Å². The number of halogens is 4. The van der Waals surface area contributed by atoms with Gasteiger partial charge >= 0.3 is 6.18 Å². The summed E-state index contributed by atoms with van der Waals surface area (Å²) in [6.45, 7) is 10.5. The molecule has 4 nitrogen and oxygen atoms in total. The van der Waals surface area contributed by atoms with E-state index in [1.54, 1.807) is 11.0 Å². The Bertz CT molecular complexity index is 1230. The SMILES string of the molecule is Cc1cc(CN2C[C@@H](CN(CC(C)C)C(=O)c3ccc(F)cc3)[C@H](c3cccc(C(F)(F)F)c3)C2)oc1C. The molecule has 0 bridgehead atoms. The molecule has 2 heterocycles. The highest BCUT2D eigenvalue weighted by atomic mass is 19.4. The number of aryl methyl sites for hydroxylation is 2. The van der Waals surface area contributed by atoms with Gasteiger partial charge in [-0.3, -0.25) is 9.69 Å². The fourth-order valence-electron chi connectivity index (χ4n) is 5.29. The lowest BCUT2D eigenvalue weighted by Gasteiger charge is -2.30. The molecule has 4 rings (SSSR count). The van der Waals surface area contributed by atoms with E-state index in [0.29, 0.717) is 43.9 Å². The van der Waals surface area contributed by atoms with Gasteiger partial charge in [-0.1, -0.05) is 32.0 Å². The van der Waals surface area contributed by atoms with Crippen LogP contribution in [0.15, 0.2) is 59.0 Å². The molecular weight excluding hydrogens is 496 g/mol. The Labute approximate surface area is 221 Å². The Kier molecular flexibility index (Phi) is 8.31. The topological polar surface area (TPSA) is 36.7 Å². The smallest absolute Gasteiger partial charge is 0.416 e. The van der Waals surface area contributed by atoms with Gasteiger partial charge in [0.15, 0.2) is 0 Å². The maximum Gasteiger partial charge on any atom is 0.416 e. The van der Waals surface area contributed by atoms with E-state index < -0.39 is 17.6 Å². The minimum absolute atomic E-state index is 0.0983. The summed E-state index contributed by atoms with van der Waals surface area (Å²) in [4.78, 5) is 17.4. The molecule has 0 saturated carbocycles. The van der Waals surface area contributed by atoms with E-state index in [9.17, 15) is 22.4 Å². The van der Waals surface area contributed by atoms with E-state index in [1.165, 1.54) is 36.4 Å². The third-order valence-electron chi connectivity index (χ3n) is 7.17. The van der Waals surface area contributed by atoms with Crippen molar-refractivity contribution in [3.63, 3.8) is 0 Å². The lowest BCUT2D eigenvalue weighted by molar-refractivity contribution is -0.137. The summed E-state index contributed by atoms with van der Waals surface area (Å²) in [6.07, 6.45) is -4.44. The lowest BCUT2D eigenvalue weighted by Crippen LogP contribution is -2.39. The maximum atomic E-state index is 13.5. The van der Waals surface area contributed by atoms with Crippen LogP contribution in [0, 0.1) is 31.5 Å². The molecule has 1 aliphatic heterocycles. The van der Waals surface area contributed by atoms with Crippen molar-refractivity contribution in [2.75, 3.05) is 26.2 Å². The number of furan rings is 1.